The molecule has 1 aliphatic heterocycles. The van der Waals surface area contributed by atoms with Gasteiger partial charge < -0.3 is 9.80 Å². The highest BCUT2D eigenvalue weighted by Crippen LogP contribution is 2.08. The molecule has 0 radical (unpaired) electrons. The highest BCUT2D eigenvalue weighted by molar-refractivity contribution is 5.81. The zero-order valence-electron chi connectivity index (χ0n) is 17.2. The van der Waals surface area contributed by atoms with Crippen molar-refractivity contribution in [3.63, 3.8) is 0 Å². The number of amides is 2. The zero-order chi connectivity index (χ0) is 20.8. The fourth-order valence-electron chi connectivity index (χ4n) is 3.71. The van der Waals surface area contributed by atoms with Crippen molar-refractivity contribution < 1.29 is 9.59 Å². The summed E-state index contributed by atoms with van der Waals surface area (Å²) in [4.78, 5) is 43.4. The monoisotopic (exact) mass is 399 g/mol. The SMILES string of the molecule is CCN(CC)C(=O)CN1CCCN(C(=O)Cn2ncc3ccccc3c2=O)CC1. The summed E-state index contributed by atoms with van der Waals surface area (Å²) < 4.78 is 1.23. The van der Waals surface area contributed by atoms with Crippen molar-refractivity contribution in [2.24, 2.45) is 0 Å². The van der Waals surface area contributed by atoms with Crippen LogP contribution in [0.25, 0.3) is 10.8 Å². The first-order valence-electron chi connectivity index (χ1n) is 10.3. The van der Waals surface area contributed by atoms with Crippen LogP contribution in [0.5, 0.6) is 0 Å². The summed E-state index contributed by atoms with van der Waals surface area (Å²) >= 11 is 0. The van der Waals surface area contributed by atoms with Gasteiger partial charge in [-0.1, -0.05) is 18.2 Å². The molecule has 3 rings (SSSR count). The van der Waals surface area contributed by atoms with Crippen molar-refractivity contribution in [1.82, 2.24) is 24.5 Å². The quantitative estimate of drug-likeness (QED) is 0.718. The molecule has 29 heavy (non-hydrogen) atoms. The first kappa shape index (κ1) is 21.0. The van der Waals surface area contributed by atoms with Crippen LogP contribution < -0.4 is 5.56 Å². The summed E-state index contributed by atoms with van der Waals surface area (Å²) in [6.45, 7) is 8.30. The molecule has 2 amide bonds. The second kappa shape index (κ2) is 9.65. The van der Waals surface area contributed by atoms with Gasteiger partial charge in [0, 0.05) is 44.7 Å². The highest BCUT2D eigenvalue weighted by atomic mass is 16.2. The van der Waals surface area contributed by atoms with Gasteiger partial charge in [-0.2, -0.15) is 5.10 Å². The van der Waals surface area contributed by atoms with Crippen LogP contribution in [0.3, 0.4) is 0 Å². The lowest BCUT2D eigenvalue weighted by atomic mass is 10.2. The maximum absolute atomic E-state index is 12.8. The molecule has 0 saturated carbocycles. The Hall–Kier alpha value is -2.74. The van der Waals surface area contributed by atoms with Crippen molar-refractivity contribution in [1.29, 1.82) is 0 Å². The van der Waals surface area contributed by atoms with E-state index in [0.717, 1.165) is 18.4 Å². The van der Waals surface area contributed by atoms with Crippen molar-refractivity contribution in [2.75, 3.05) is 45.8 Å². The molecule has 0 unspecified atom stereocenters. The van der Waals surface area contributed by atoms with Gasteiger partial charge in [-0.05, 0) is 26.3 Å². The predicted molar refractivity (Wildman–Crippen MR) is 112 cm³/mol. The number of benzene rings is 1. The second-order valence-electron chi connectivity index (χ2n) is 7.27. The van der Waals surface area contributed by atoms with Crippen molar-refractivity contribution >= 4 is 22.6 Å². The Morgan fingerprint density at radius 3 is 2.55 bits per heavy atom. The molecule has 156 valence electrons. The summed E-state index contributed by atoms with van der Waals surface area (Å²) in [6.07, 6.45) is 2.42. The van der Waals surface area contributed by atoms with E-state index in [1.165, 1.54) is 4.68 Å². The Kier molecular flexibility index (Phi) is 6.98. The van der Waals surface area contributed by atoms with Gasteiger partial charge in [0.1, 0.15) is 6.54 Å². The summed E-state index contributed by atoms with van der Waals surface area (Å²) in [5, 5.41) is 5.48. The molecule has 0 N–H and O–H groups in total. The van der Waals surface area contributed by atoms with Crippen LogP contribution in [0.2, 0.25) is 0 Å². The molecule has 0 bridgehead atoms. The fraction of sp³-hybridized carbons (Fsp3) is 0.524. The van der Waals surface area contributed by atoms with Gasteiger partial charge in [0.05, 0.1) is 18.1 Å². The molecule has 0 spiro atoms. The largest absolute Gasteiger partial charge is 0.342 e. The molecule has 0 atom stereocenters. The van der Waals surface area contributed by atoms with Crippen molar-refractivity contribution in [3.8, 4) is 0 Å². The van der Waals surface area contributed by atoms with Crippen LogP contribution in [-0.2, 0) is 16.1 Å². The topological polar surface area (TPSA) is 78.8 Å². The minimum absolute atomic E-state index is 0.0674. The molecule has 8 nitrogen and oxygen atoms in total. The Morgan fingerprint density at radius 2 is 1.79 bits per heavy atom. The number of hydrogen-bond donors (Lipinski definition) is 0. The highest BCUT2D eigenvalue weighted by Gasteiger charge is 2.22. The predicted octanol–water partition coefficient (Wildman–Crippen LogP) is 0.799. The third-order valence-corrected chi connectivity index (χ3v) is 5.46. The van der Waals surface area contributed by atoms with Gasteiger partial charge in [0.2, 0.25) is 11.8 Å². The number of nitrogens with zero attached hydrogens (tertiary/aromatic N) is 5. The number of aromatic nitrogens is 2. The van der Waals surface area contributed by atoms with E-state index >= 15 is 0 Å². The summed E-state index contributed by atoms with van der Waals surface area (Å²) in [7, 11) is 0. The van der Waals surface area contributed by atoms with E-state index in [4.69, 9.17) is 0 Å². The summed E-state index contributed by atoms with van der Waals surface area (Å²) in [5.74, 6) is 0.00786. The Bertz CT molecular complexity index is 922. The first-order valence-corrected chi connectivity index (χ1v) is 10.3. The number of carbonyl (C=O) groups is 2. The lowest BCUT2D eigenvalue weighted by Gasteiger charge is -2.25. The Labute approximate surface area is 170 Å². The Balaban J connectivity index is 1.61. The number of fused-ring (bicyclic) bond motifs is 1. The van der Waals surface area contributed by atoms with E-state index in [-0.39, 0.29) is 23.9 Å². The number of hydrogen-bond acceptors (Lipinski definition) is 5. The fourth-order valence-corrected chi connectivity index (χ4v) is 3.71. The zero-order valence-corrected chi connectivity index (χ0v) is 17.2. The summed E-state index contributed by atoms with van der Waals surface area (Å²) in [6, 6.07) is 7.24. The third-order valence-electron chi connectivity index (χ3n) is 5.46. The molecule has 1 aromatic carbocycles. The van der Waals surface area contributed by atoms with Crippen LogP contribution in [0.1, 0.15) is 20.3 Å². The molecule has 1 saturated heterocycles. The standard InChI is InChI=1S/C21H29N5O3/c1-3-24(4-2)19(27)15-23-10-7-11-25(13-12-23)20(28)16-26-21(29)18-9-6-5-8-17(18)14-22-26/h5-6,8-9,14H,3-4,7,10-13,15-16H2,1-2H3. The van der Waals surface area contributed by atoms with Gasteiger partial charge in [0.15, 0.2) is 0 Å². The van der Waals surface area contributed by atoms with E-state index < -0.39 is 0 Å². The molecule has 0 aliphatic carbocycles. The average molecular weight is 399 g/mol. The van der Waals surface area contributed by atoms with Crippen LogP contribution >= 0.6 is 0 Å². The Morgan fingerprint density at radius 1 is 1.03 bits per heavy atom. The summed E-state index contributed by atoms with van der Waals surface area (Å²) in [5.41, 5.74) is -0.252. The normalized spacial score (nSPS) is 15.3. The molecule has 1 aromatic heterocycles. The number of rotatable bonds is 6. The average Bonchev–Trinajstić information content (AvgIpc) is 2.97. The minimum atomic E-state index is -0.252. The maximum Gasteiger partial charge on any atom is 0.275 e. The van der Waals surface area contributed by atoms with Crippen LogP contribution in [0.15, 0.2) is 35.3 Å². The van der Waals surface area contributed by atoms with E-state index in [9.17, 15) is 14.4 Å². The van der Waals surface area contributed by atoms with Crippen LogP contribution in [0.4, 0.5) is 0 Å². The van der Waals surface area contributed by atoms with Gasteiger partial charge in [-0.3, -0.25) is 19.3 Å². The van der Waals surface area contributed by atoms with Gasteiger partial charge in [-0.25, -0.2) is 4.68 Å². The van der Waals surface area contributed by atoms with Crippen LogP contribution in [0, 0.1) is 0 Å². The molecule has 8 heteroatoms. The first-order chi connectivity index (χ1) is 14.0. The molecular formula is C21H29N5O3. The molecule has 2 heterocycles. The van der Waals surface area contributed by atoms with E-state index in [1.54, 1.807) is 23.2 Å². The van der Waals surface area contributed by atoms with Gasteiger partial charge in [0.25, 0.3) is 5.56 Å². The van der Waals surface area contributed by atoms with Crippen LogP contribution in [-0.4, -0.2) is 82.1 Å². The van der Waals surface area contributed by atoms with Gasteiger partial charge in [-0.15, -0.1) is 0 Å². The molecule has 1 aliphatic rings. The molecule has 2 aromatic rings. The van der Waals surface area contributed by atoms with Crippen molar-refractivity contribution in [3.05, 3.63) is 40.8 Å². The van der Waals surface area contributed by atoms with E-state index in [1.807, 2.05) is 30.9 Å². The third kappa shape index (κ3) is 5.00. The molecular weight excluding hydrogens is 370 g/mol. The lowest BCUT2D eigenvalue weighted by Crippen LogP contribution is -2.42. The second-order valence-corrected chi connectivity index (χ2v) is 7.27. The smallest absolute Gasteiger partial charge is 0.275 e. The molecule has 1 fully saturated rings. The van der Waals surface area contributed by atoms with Gasteiger partial charge >= 0.3 is 0 Å². The number of carbonyl (C=O) groups excluding carboxylic acids is 2. The lowest BCUT2D eigenvalue weighted by molar-refractivity contribution is -0.132. The number of likely N-dealkylation sites (N-methyl/N-ethyl adjacent to an activating group) is 1. The van der Waals surface area contributed by atoms with Crippen molar-refractivity contribution in [2.45, 2.75) is 26.8 Å². The minimum Gasteiger partial charge on any atom is -0.342 e. The maximum atomic E-state index is 12.8. The van der Waals surface area contributed by atoms with E-state index in [0.29, 0.717) is 44.7 Å². The van der Waals surface area contributed by atoms with E-state index in [2.05, 4.69) is 10.00 Å².